The number of aryl methyl sites for hydroxylation is 1. The first-order chi connectivity index (χ1) is 17.2. The third kappa shape index (κ3) is 4.14. The number of fused-ring (bicyclic) bond motifs is 1. The van der Waals surface area contributed by atoms with Crippen molar-refractivity contribution >= 4 is 11.6 Å². The molecule has 4 heterocycles. The number of benzene rings is 1. The highest BCUT2D eigenvalue weighted by atomic mass is 16.4. The fraction of sp³-hybridized carbons (Fsp3) is 0.393. The van der Waals surface area contributed by atoms with Crippen LogP contribution in [0.25, 0.3) is 22.5 Å². The summed E-state index contributed by atoms with van der Waals surface area (Å²) in [5, 5.41) is 12.7. The van der Waals surface area contributed by atoms with Crippen LogP contribution >= 0.6 is 0 Å². The number of pyridine rings is 1. The van der Waals surface area contributed by atoms with E-state index in [1.807, 2.05) is 35.2 Å². The minimum absolute atomic E-state index is 0.0395. The van der Waals surface area contributed by atoms with Crippen LogP contribution in [-0.4, -0.2) is 63.8 Å². The summed E-state index contributed by atoms with van der Waals surface area (Å²) in [6.45, 7) is 3.93. The first-order valence-electron chi connectivity index (χ1n) is 12.6. The van der Waals surface area contributed by atoms with Crippen LogP contribution in [-0.2, 0) is 6.42 Å². The van der Waals surface area contributed by atoms with Gasteiger partial charge >= 0.3 is 0 Å². The van der Waals surface area contributed by atoms with Crippen LogP contribution in [0, 0.1) is 0 Å². The number of hydrogen-bond donors (Lipinski definition) is 1. The lowest BCUT2D eigenvalue weighted by Crippen LogP contribution is -2.45. The number of oxime groups is 1. The number of carbonyl (C=O) groups is 1. The Labute approximate surface area is 205 Å². The molecule has 3 aliphatic rings. The summed E-state index contributed by atoms with van der Waals surface area (Å²) < 4.78 is 6.27. The molecule has 0 spiro atoms. The topological polar surface area (TPSA) is 82.2 Å². The van der Waals surface area contributed by atoms with Crippen molar-refractivity contribution < 1.29 is 14.4 Å². The van der Waals surface area contributed by atoms with E-state index in [0.29, 0.717) is 17.6 Å². The number of rotatable bonds is 4. The lowest BCUT2D eigenvalue weighted by Gasteiger charge is -2.36. The Morgan fingerprint density at radius 1 is 0.943 bits per heavy atom. The van der Waals surface area contributed by atoms with Gasteiger partial charge in [0.25, 0.3) is 5.91 Å². The zero-order valence-corrected chi connectivity index (χ0v) is 19.8. The van der Waals surface area contributed by atoms with E-state index in [9.17, 15) is 10.0 Å². The maximum atomic E-state index is 13.5. The van der Waals surface area contributed by atoms with E-state index >= 15 is 0 Å². The Morgan fingerprint density at radius 2 is 1.71 bits per heavy atom. The zero-order valence-electron chi connectivity index (χ0n) is 19.8. The quantitative estimate of drug-likeness (QED) is 0.436. The van der Waals surface area contributed by atoms with Crippen molar-refractivity contribution in [2.45, 2.75) is 44.6 Å². The Bertz CT molecular complexity index is 1250. The maximum absolute atomic E-state index is 13.5. The van der Waals surface area contributed by atoms with E-state index < -0.39 is 0 Å². The molecule has 0 radical (unpaired) electrons. The highest BCUT2D eigenvalue weighted by molar-refractivity contribution is 6.05. The van der Waals surface area contributed by atoms with Crippen LogP contribution < -0.4 is 0 Å². The SMILES string of the molecule is O=C(c1cc(-c2ccc3c(c2)CC/C3=N\O)c(-c2ccncc2)o1)N1CCC(N2CCCC2)CC1. The molecule has 1 aromatic carbocycles. The van der Waals surface area contributed by atoms with Crippen molar-refractivity contribution in [2.24, 2.45) is 5.16 Å². The number of nitrogens with zero attached hydrogens (tertiary/aromatic N) is 4. The van der Waals surface area contributed by atoms with Crippen LogP contribution in [0.5, 0.6) is 0 Å². The molecule has 0 unspecified atom stereocenters. The Kier molecular flexibility index (Phi) is 5.86. The zero-order chi connectivity index (χ0) is 23.8. The molecule has 2 saturated heterocycles. The van der Waals surface area contributed by atoms with Gasteiger partial charge < -0.3 is 19.4 Å². The molecule has 3 aromatic rings. The molecule has 35 heavy (non-hydrogen) atoms. The second-order valence-corrected chi connectivity index (χ2v) is 9.77. The van der Waals surface area contributed by atoms with Crippen LogP contribution in [0.15, 0.2) is 58.4 Å². The number of amides is 1. The molecule has 2 aliphatic heterocycles. The minimum Gasteiger partial charge on any atom is -0.450 e. The summed E-state index contributed by atoms with van der Waals surface area (Å²) in [5.74, 6) is 1.02. The van der Waals surface area contributed by atoms with Gasteiger partial charge in [-0.15, -0.1) is 0 Å². The molecule has 1 aliphatic carbocycles. The van der Waals surface area contributed by atoms with Gasteiger partial charge in [-0.3, -0.25) is 9.78 Å². The highest BCUT2D eigenvalue weighted by Crippen LogP contribution is 2.38. The molecule has 1 N–H and O–H groups in total. The van der Waals surface area contributed by atoms with Gasteiger partial charge in [-0.25, -0.2) is 0 Å². The molecule has 7 heteroatoms. The summed E-state index contributed by atoms with van der Waals surface area (Å²) in [5.41, 5.74) is 5.63. The lowest BCUT2D eigenvalue weighted by atomic mass is 9.98. The third-order valence-electron chi connectivity index (χ3n) is 7.77. The fourth-order valence-corrected chi connectivity index (χ4v) is 5.87. The van der Waals surface area contributed by atoms with E-state index in [1.165, 1.54) is 25.9 Å². The van der Waals surface area contributed by atoms with E-state index in [1.54, 1.807) is 12.4 Å². The molecule has 7 nitrogen and oxygen atoms in total. The van der Waals surface area contributed by atoms with Gasteiger partial charge in [0.2, 0.25) is 0 Å². The maximum Gasteiger partial charge on any atom is 0.289 e. The molecule has 2 fully saturated rings. The molecule has 0 saturated carbocycles. The number of piperidine rings is 1. The number of aromatic nitrogens is 1. The minimum atomic E-state index is -0.0395. The second kappa shape index (κ2) is 9.30. The monoisotopic (exact) mass is 470 g/mol. The van der Waals surface area contributed by atoms with Gasteiger partial charge in [0.05, 0.1) is 5.71 Å². The summed E-state index contributed by atoms with van der Waals surface area (Å²) in [6, 6.07) is 12.4. The average Bonchev–Trinajstić information content (AvgIpc) is 3.68. The summed E-state index contributed by atoms with van der Waals surface area (Å²) in [6.07, 6.45) is 9.67. The average molecular weight is 471 g/mol. The molecule has 6 rings (SSSR count). The van der Waals surface area contributed by atoms with E-state index in [0.717, 1.165) is 72.3 Å². The van der Waals surface area contributed by atoms with Gasteiger partial charge in [0, 0.05) is 48.2 Å². The van der Waals surface area contributed by atoms with Crippen LogP contribution in [0.4, 0.5) is 0 Å². The molecular formula is C28H30N4O3. The van der Waals surface area contributed by atoms with Gasteiger partial charge in [0.1, 0.15) is 5.76 Å². The third-order valence-corrected chi connectivity index (χ3v) is 7.77. The smallest absolute Gasteiger partial charge is 0.289 e. The van der Waals surface area contributed by atoms with Gasteiger partial charge in [0.15, 0.2) is 5.76 Å². The number of carbonyl (C=O) groups excluding carboxylic acids is 1. The molecule has 1 amide bonds. The highest BCUT2D eigenvalue weighted by Gasteiger charge is 2.31. The van der Waals surface area contributed by atoms with Crippen LogP contribution in [0.1, 0.15) is 53.8 Å². The van der Waals surface area contributed by atoms with Crippen molar-refractivity contribution in [1.29, 1.82) is 0 Å². The fourth-order valence-electron chi connectivity index (χ4n) is 5.87. The number of furan rings is 1. The van der Waals surface area contributed by atoms with E-state index in [4.69, 9.17) is 4.42 Å². The van der Waals surface area contributed by atoms with Crippen LogP contribution in [0.3, 0.4) is 0 Å². The Balaban J connectivity index is 1.30. The van der Waals surface area contributed by atoms with Crippen molar-refractivity contribution in [2.75, 3.05) is 26.2 Å². The van der Waals surface area contributed by atoms with E-state index in [2.05, 4.69) is 21.1 Å². The predicted octanol–water partition coefficient (Wildman–Crippen LogP) is 4.83. The molecule has 180 valence electrons. The molecule has 2 aromatic heterocycles. The van der Waals surface area contributed by atoms with Gasteiger partial charge in [-0.1, -0.05) is 23.4 Å². The van der Waals surface area contributed by atoms with Crippen molar-refractivity contribution in [3.05, 3.63) is 65.7 Å². The Hall–Kier alpha value is -3.45. The largest absolute Gasteiger partial charge is 0.450 e. The number of likely N-dealkylation sites (tertiary alicyclic amines) is 2. The first kappa shape index (κ1) is 22.0. The second-order valence-electron chi connectivity index (χ2n) is 9.77. The predicted molar refractivity (Wildman–Crippen MR) is 134 cm³/mol. The molecule has 0 atom stereocenters. The first-order valence-corrected chi connectivity index (χ1v) is 12.6. The summed E-state index contributed by atoms with van der Waals surface area (Å²) >= 11 is 0. The number of hydrogen-bond acceptors (Lipinski definition) is 6. The lowest BCUT2D eigenvalue weighted by molar-refractivity contribution is 0.0615. The van der Waals surface area contributed by atoms with Crippen molar-refractivity contribution in [1.82, 2.24) is 14.8 Å². The van der Waals surface area contributed by atoms with Crippen molar-refractivity contribution in [3.63, 3.8) is 0 Å². The van der Waals surface area contributed by atoms with Crippen molar-refractivity contribution in [3.8, 4) is 22.5 Å². The molecular weight excluding hydrogens is 440 g/mol. The standard InChI is InChI=1S/C28H30N4O3/c33-28(32-15-9-22(10-16-32)31-13-1-2-14-31)26-18-24(27(35-26)19-7-11-29-12-8-19)21-3-5-23-20(17-21)4-6-25(23)30-34/h3,5,7-8,11-12,17-18,22,34H,1-2,4,6,9-10,13-16H2/b30-25+. The van der Waals surface area contributed by atoms with Gasteiger partial charge in [-0.05, 0) is 80.9 Å². The van der Waals surface area contributed by atoms with Gasteiger partial charge in [-0.2, -0.15) is 0 Å². The van der Waals surface area contributed by atoms with Crippen LogP contribution in [0.2, 0.25) is 0 Å². The molecule has 0 bridgehead atoms. The summed E-state index contributed by atoms with van der Waals surface area (Å²) in [7, 11) is 0. The Morgan fingerprint density at radius 3 is 2.46 bits per heavy atom. The van der Waals surface area contributed by atoms with E-state index in [-0.39, 0.29) is 5.91 Å². The summed E-state index contributed by atoms with van der Waals surface area (Å²) in [4.78, 5) is 22.2. The normalized spacial score (nSPS) is 20.0.